The predicted molar refractivity (Wildman–Crippen MR) is 50.4 cm³/mol. The Morgan fingerprint density at radius 3 is 2.47 bits per heavy atom. The molecule has 0 saturated heterocycles. The molecule has 1 rings (SSSR count). The van der Waals surface area contributed by atoms with Gasteiger partial charge in [-0.3, -0.25) is 0 Å². The van der Waals surface area contributed by atoms with Gasteiger partial charge in [0.05, 0.1) is 0 Å². The van der Waals surface area contributed by atoms with Crippen LogP contribution in [0.5, 0.6) is 5.75 Å². The molecule has 1 unspecified atom stereocenters. The Bertz CT molecular complexity index is 434. The zero-order valence-electron chi connectivity index (χ0n) is 8.65. The number of alkyl halides is 2. The number of aliphatic carboxylic acids is 1. The number of ether oxygens (including phenoxy) is 1. The van der Waals surface area contributed by atoms with Crippen molar-refractivity contribution in [2.45, 2.75) is 19.6 Å². The molecule has 2 N–H and O–H groups in total. The highest BCUT2D eigenvalue weighted by molar-refractivity contribution is 5.75. The second-order valence-corrected chi connectivity index (χ2v) is 3.21. The SMILES string of the molecule is Cc1c(F)ccc(C(O)C(=O)O)c1OC(F)F. The van der Waals surface area contributed by atoms with Gasteiger partial charge in [-0.25, -0.2) is 9.18 Å². The van der Waals surface area contributed by atoms with Gasteiger partial charge in [0, 0.05) is 11.1 Å². The van der Waals surface area contributed by atoms with Crippen molar-refractivity contribution in [2.24, 2.45) is 0 Å². The molecule has 7 heteroatoms. The van der Waals surface area contributed by atoms with E-state index in [0.717, 1.165) is 19.1 Å². The van der Waals surface area contributed by atoms with E-state index in [2.05, 4.69) is 4.74 Å². The monoisotopic (exact) mass is 250 g/mol. The van der Waals surface area contributed by atoms with Gasteiger partial charge in [-0.2, -0.15) is 8.78 Å². The maximum Gasteiger partial charge on any atom is 0.387 e. The van der Waals surface area contributed by atoms with Gasteiger partial charge in [-0.15, -0.1) is 0 Å². The molecule has 0 spiro atoms. The van der Waals surface area contributed by atoms with Crippen LogP contribution >= 0.6 is 0 Å². The second kappa shape index (κ2) is 5.05. The van der Waals surface area contributed by atoms with Crippen molar-refractivity contribution < 1.29 is 32.9 Å². The Hall–Kier alpha value is -1.76. The topological polar surface area (TPSA) is 66.8 Å². The molecule has 0 aromatic heterocycles. The fourth-order valence-corrected chi connectivity index (χ4v) is 1.28. The van der Waals surface area contributed by atoms with Crippen LogP contribution in [0.2, 0.25) is 0 Å². The Balaban J connectivity index is 3.29. The summed E-state index contributed by atoms with van der Waals surface area (Å²) in [7, 11) is 0. The summed E-state index contributed by atoms with van der Waals surface area (Å²) in [5, 5.41) is 17.8. The van der Waals surface area contributed by atoms with Gasteiger partial charge in [0.25, 0.3) is 0 Å². The Labute approximate surface area is 94.3 Å². The smallest absolute Gasteiger partial charge is 0.387 e. The minimum absolute atomic E-state index is 0.289. The van der Waals surface area contributed by atoms with Crippen LogP contribution in [0.1, 0.15) is 17.2 Å². The lowest BCUT2D eigenvalue weighted by Gasteiger charge is -2.15. The van der Waals surface area contributed by atoms with E-state index in [1.54, 1.807) is 0 Å². The number of carbonyl (C=O) groups is 1. The molecular weight excluding hydrogens is 241 g/mol. The van der Waals surface area contributed by atoms with Crippen molar-refractivity contribution >= 4 is 5.97 Å². The molecule has 0 aliphatic heterocycles. The third kappa shape index (κ3) is 2.88. The van der Waals surface area contributed by atoms with E-state index in [0.29, 0.717) is 0 Å². The van der Waals surface area contributed by atoms with E-state index < -0.39 is 35.8 Å². The van der Waals surface area contributed by atoms with Gasteiger partial charge >= 0.3 is 12.6 Å². The van der Waals surface area contributed by atoms with E-state index in [9.17, 15) is 23.1 Å². The number of rotatable bonds is 4. The van der Waals surface area contributed by atoms with E-state index in [1.807, 2.05) is 0 Å². The number of hydrogen-bond acceptors (Lipinski definition) is 3. The number of carboxylic acid groups (broad SMARTS) is 1. The molecule has 17 heavy (non-hydrogen) atoms. The molecule has 0 aliphatic rings. The maximum atomic E-state index is 13.1. The largest absolute Gasteiger partial charge is 0.479 e. The summed E-state index contributed by atoms with van der Waals surface area (Å²) in [5.74, 6) is -3.13. The molecule has 1 aromatic rings. The Kier molecular flexibility index (Phi) is 3.95. The van der Waals surface area contributed by atoms with Crippen LogP contribution in [0.4, 0.5) is 13.2 Å². The summed E-state index contributed by atoms with van der Waals surface area (Å²) in [6.45, 7) is -2.10. The first-order valence-electron chi connectivity index (χ1n) is 4.49. The van der Waals surface area contributed by atoms with E-state index >= 15 is 0 Å². The summed E-state index contributed by atoms with van der Waals surface area (Å²) in [6, 6.07) is 1.76. The minimum Gasteiger partial charge on any atom is -0.479 e. The highest BCUT2D eigenvalue weighted by Gasteiger charge is 2.24. The quantitative estimate of drug-likeness (QED) is 0.855. The molecule has 0 bridgehead atoms. The predicted octanol–water partition coefficient (Wildman–Crippen LogP) is 1.85. The first-order chi connectivity index (χ1) is 7.84. The first-order valence-corrected chi connectivity index (χ1v) is 4.49. The molecule has 94 valence electrons. The van der Waals surface area contributed by atoms with Crippen LogP contribution in [0.3, 0.4) is 0 Å². The summed E-state index contributed by atoms with van der Waals surface area (Å²) < 4.78 is 41.4. The average molecular weight is 250 g/mol. The Morgan fingerprint density at radius 2 is 2.00 bits per heavy atom. The van der Waals surface area contributed by atoms with Crippen molar-refractivity contribution in [3.63, 3.8) is 0 Å². The molecule has 4 nitrogen and oxygen atoms in total. The van der Waals surface area contributed by atoms with Crippen LogP contribution in [0, 0.1) is 12.7 Å². The summed E-state index contributed by atoms with van der Waals surface area (Å²) in [5.41, 5.74) is -0.709. The molecule has 0 amide bonds. The maximum absolute atomic E-state index is 13.1. The lowest BCUT2D eigenvalue weighted by Crippen LogP contribution is -2.15. The van der Waals surface area contributed by atoms with Crippen LogP contribution in [-0.4, -0.2) is 22.8 Å². The molecule has 0 heterocycles. The molecular formula is C10H9F3O4. The molecule has 1 atom stereocenters. The van der Waals surface area contributed by atoms with Crippen LogP contribution in [0.25, 0.3) is 0 Å². The van der Waals surface area contributed by atoms with Crippen molar-refractivity contribution in [2.75, 3.05) is 0 Å². The van der Waals surface area contributed by atoms with Crippen LogP contribution in [-0.2, 0) is 4.79 Å². The third-order valence-electron chi connectivity index (χ3n) is 2.11. The van der Waals surface area contributed by atoms with Crippen molar-refractivity contribution in [3.05, 3.63) is 29.1 Å². The fourth-order valence-electron chi connectivity index (χ4n) is 1.28. The van der Waals surface area contributed by atoms with E-state index in [1.165, 1.54) is 0 Å². The number of carboxylic acids is 1. The highest BCUT2D eigenvalue weighted by Crippen LogP contribution is 2.32. The highest BCUT2D eigenvalue weighted by atomic mass is 19.3. The van der Waals surface area contributed by atoms with Crippen LogP contribution in [0.15, 0.2) is 12.1 Å². The average Bonchev–Trinajstić information content (AvgIpc) is 2.23. The van der Waals surface area contributed by atoms with E-state index in [-0.39, 0.29) is 5.56 Å². The Morgan fingerprint density at radius 1 is 1.41 bits per heavy atom. The number of halogens is 3. The zero-order valence-corrected chi connectivity index (χ0v) is 8.65. The number of aliphatic hydroxyl groups is 1. The molecule has 0 fully saturated rings. The van der Waals surface area contributed by atoms with Gasteiger partial charge < -0.3 is 14.9 Å². The molecule has 1 aromatic carbocycles. The normalized spacial score (nSPS) is 12.6. The minimum atomic E-state index is -3.24. The summed E-state index contributed by atoms with van der Waals surface area (Å²) in [6.07, 6.45) is -2.05. The summed E-state index contributed by atoms with van der Waals surface area (Å²) >= 11 is 0. The lowest BCUT2D eigenvalue weighted by molar-refractivity contribution is -0.147. The number of aliphatic hydroxyl groups excluding tert-OH is 1. The van der Waals surface area contributed by atoms with Gasteiger partial charge in [-0.05, 0) is 19.1 Å². The van der Waals surface area contributed by atoms with Gasteiger partial charge in [0.1, 0.15) is 11.6 Å². The van der Waals surface area contributed by atoms with Gasteiger partial charge in [-0.1, -0.05) is 0 Å². The van der Waals surface area contributed by atoms with Gasteiger partial charge in [0.2, 0.25) is 0 Å². The molecule has 0 saturated carbocycles. The molecule has 0 aliphatic carbocycles. The molecule has 0 radical (unpaired) electrons. The number of hydrogen-bond donors (Lipinski definition) is 2. The van der Waals surface area contributed by atoms with E-state index in [4.69, 9.17) is 5.11 Å². The standard InChI is InChI=1S/C10H9F3O4/c1-4-6(11)3-2-5(7(14)9(15)16)8(4)17-10(12)13/h2-3,7,10,14H,1H3,(H,15,16). The zero-order chi connectivity index (χ0) is 13.2. The van der Waals surface area contributed by atoms with Gasteiger partial charge in [0.15, 0.2) is 6.10 Å². The van der Waals surface area contributed by atoms with Crippen molar-refractivity contribution in [3.8, 4) is 5.75 Å². The van der Waals surface area contributed by atoms with Crippen LogP contribution < -0.4 is 4.74 Å². The van der Waals surface area contributed by atoms with Crippen molar-refractivity contribution in [1.29, 1.82) is 0 Å². The summed E-state index contributed by atoms with van der Waals surface area (Å²) in [4.78, 5) is 10.5. The number of benzene rings is 1. The van der Waals surface area contributed by atoms with Crippen molar-refractivity contribution in [1.82, 2.24) is 0 Å². The first kappa shape index (κ1) is 13.3. The second-order valence-electron chi connectivity index (χ2n) is 3.21. The third-order valence-corrected chi connectivity index (χ3v) is 2.11. The fraction of sp³-hybridized carbons (Fsp3) is 0.300. The lowest BCUT2D eigenvalue weighted by atomic mass is 10.0.